The van der Waals surface area contributed by atoms with Crippen molar-refractivity contribution < 1.29 is 38.1 Å². The molecule has 4 amide bonds. The topological polar surface area (TPSA) is 125 Å². The number of nitrogens with zero attached hydrogens (tertiary/aromatic N) is 2. The summed E-state index contributed by atoms with van der Waals surface area (Å²) in [6, 6.07) is 15.4. The summed E-state index contributed by atoms with van der Waals surface area (Å²) in [6.07, 6.45) is 6.67. The highest BCUT2D eigenvalue weighted by molar-refractivity contribution is 6.30. The minimum Gasteiger partial charge on any atom is -0.502 e. The second kappa shape index (κ2) is 13.2. The van der Waals surface area contributed by atoms with Crippen LogP contribution in [0.15, 0.2) is 78.4 Å². The van der Waals surface area contributed by atoms with Gasteiger partial charge in [0.15, 0.2) is 11.5 Å². The molecule has 2 aliphatic carbocycles. The number of nitrogens with one attached hydrogen (secondary N) is 1. The van der Waals surface area contributed by atoms with E-state index in [1.54, 1.807) is 42.5 Å². The fourth-order valence-corrected chi connectivity index (χ4v) is 8.75. The van der Waals surface area contributed by atoms with Gasteiger partial charge in [-0.25, -0.2) is 4.39 Å². The first-order chi connectivity index (χ1) is 24.5. The Hall–Kier alpha value is -5.16. The molecule has 1 saturated carbocycles. The summed E-state index contributed by atoms with van der Waals surface area (Å²) in [7, 11) is 2.84. The highest BCUT2D eigenvalue weighted by Gasteiger charge is 2.69. The third-order valence-corrected chi connectivity index (χ3v) is 11.1. The number of rotatable bonds is 9. The van der Waals surface area contributed by atoms with Gasteiger partial charge in [-0.2, -0.15) is 5.01 Å². The standard InChI is InChI=1S/C39H37ClFN3O7/c1-4-17-43-35(46)27-15-14-26-28(33(27)37(43)48)20-30-36(47)44(42-25-12-10-24(41)11-13-25)38(49)39(30,22-6-8-23(40)9-7-22)29(26)16-5-21-18-31(50-2)34(45)32(19-21)51-3/h5-14,16,18-19,27-30,33,42,45H,4,15,17,20H2,1-3H3. The average molecular weight is 714 g/mol. The van der Waals surface area contributed by atoms with E-state index >= 15 is 4.79 Å². The number of phenolic OH excluding ortho intramolecular Hbond substituents is 1. The van der Waals surface area contributed by atoms with Crippen molar-refractivity contribution >= 4 is 47.0 Å². The molecule has 0 bridgehead atoms. The Balaban J connectivity index is 1.43. The Labute approximate surface area is 299 Å². The van der Waals surface area contributed by atoms with Crippen LogP contribution in [-0.2, 0) is 24.6 Å². The monoisotopic (exact) mass is 713 g/mol. The maximum atomic E-state index is 15.1. The number of benzene rings is 3. The summed E-state index contributed by atoms with van der Waals surface area (Å²) in [6.45, 7) is 2.22. The fourth-order valence-electron chi connectivity index (χ4n) is 8.63. The number of carbonyl (C=O) groups is 4. The number of carbonyl (C=O) groups excluding carboxylic acids is 4. The molecule has 3 fully saturated rings. The Morgan fingerprint density at radius 3 is 2.25 bits per heavy atom. The molecule has 12 heteroatoms. The summed E-state index contributed by atoms with van der Waals surface area (Å²) < 4.78 is 24.6. The number of phenols is 1. The van der Waals surface area contributed by atoms with Gasteiger partial charge in [-0.05, 0) is 84.8 Å². The van der Waals surface area contributed by atoms with E-state index in [4.69, 9.17) is 21.1 Å². The third-order valence-electron chi connectivity index (χ3n) is 10.8. The molecule has 3 aromatic carbocycles. The Kier molecular flexibility index (Phi) is 8.87. The van der Waals surface area contributed by atoms with Crippen molar-refractivity contribution in [1.29, 1.82) is 0 Å². The van der Waals surface area contributed by atoms with Crippen molar-refractivity contribution in [3.05, 3.63) is 100 Å². The first-order valence-corrected chi connectivity index (χ1v) is 17.3. The van der Waals surface area contributed by atoms with E-state index in [1.807, 2.05) is 19.1 Å². The molecular weight excluding hydrogens is 677 g/mol. The SMILES string of the molecule is CCCN1C(=O)C2CC=C3C(CC4C(=O)N(Nc5ccc(F)cc5)C(=O)C4(c4ccc(Cl)cc4)C3C=Cc3cc(OC)c(O)c(OC)c3)C2C1=O. The second-order valence-corrected chi connectivity index (χ2v) is 13.8. The number of likely N-dealkylation sites (tertiary alicyclic amines) is 1. The Morgan fingerprint density at radius 1 is 0.961 bits per heavy atom. The Morgan fingerprint density at radius 2 is 1.63 bits per heavy atom. The molecule has 51 heavy (non-hydrogen) atoms. The minimum atomic E-state index is -1.50. The van der Waals surface area contributed by atoms with E-state index < -0.39 is 52.6 Å². The predicted molar refractivity (Wildman–Crippen MR) is 187 cm³/mol. The smallest absolute Gasteiger partial charge is 0.260 e. The van der Waals surface area contributed by atoms with E-state index in [9.17, 15) is 23.9 Å². The van der Waals surface area contributed by atoms with Crippen molar-refractivity contribution in [2.45, 2.75) is 31.6 Å². The largest absolute Gasteiger partial charge is 0.502 e. The van der Waals surface area contributed by atoms with E-state index in [-0.39, 0.29) is 35.5 Å². The second-order valence-electron chi connectivity index (χ2n) is 13.4. The van der Waals surface area contributed by atoms with Gasteiger partial charge in [-0.1, -0.05) is 54.5 Å². The van der Waals surface area contributed by atoms with Crippen LogP contribution in [0, 0.1) is 35.4 Å². The van der Waals surface area contributed by atoms with E-state index in [0.717, 1.165) is 10.6 Å². The van der Waals surface area contributed by atoms with Gasteiger partial charge in [-0.15, -0.1) is 0 Å². The first kappa shape index (κ1) is 34.3. The van der Waals surface area contributed by atoms with Gasteiger partial charge in [0.2, 0.25) is 17.6 Å². The van der Waals surface area contributed by atoms with Crippen molar-refractivity contribution in [2.75, 3.05) is 26.2 Å². The molecule has 10 nitrogen and oxygen atoms in total. The van der Waals surface area contributed by atoms with Gasteiger partial charge in [0.05, 0.1) is 43.1 Å². The highest BCUT2D eigenvalue weighted by Crippen LogP contribution is 2.61. The van der Waals surface area contributed by atoms with E-state index in [1.165, 1.54) is 43.4 Å². The number of hydrazine groups is 1. The number of hydrogen-bond donors (Lipinski definition) is 2. The lowest BCUT2D eigenvalue weighted by atomic mass is 9.50. The molecule has 6 atom stereocenters. The summed E-state index contributed by atoms with van der Waals surface area (Å²) in [5, 5.41) is 12.0. The van der Waals surface area contributed by atoms with Crippen LogP contribution in [0.25, 0.3) is 6.08 Å². The van der Waals surface area contributed by atoms with Crippen LogP contribution in [0.2, 0.25) is 5.02 Å². The van der Waals surface area contributed by atoms with Crippen molar-refractivity contribution in [2.24, 2.45) is 29.6 Å². The predicted octanol–water partition coefficient (Wildman–Crippen LogP) is 6.14. The van der Waals surface area contributed by atoms with Gasteiger partial charge in [0.1, 0.15) is 5.82 Å². The molecule has 2 N–H and O–H groups in total. The highest BCUT2D eigenvalue weighted by atomic mass is 35.5. The van der Waals surface area contributed by atoms with Crippen LogP contribution in [0.3, 0.4) is 0 Å². The quantitative estimate of drug-likeness (QED) is 0.200. The van der Waals surface area contributed by atoms with Gasteiger partial charge < -0.3 is 14.6 Å². The van der Waals surface area contributed by atoms with Crippen LogP contribution in [0.1, 0.15) is 37.3 Å². The molecule has 6 unspecified atom stereocenters. The number of amides is 4. The number of fused-ring (bicyclic) bond motifs is 4. The van der Waals surface area contributed by atoms with Crippen LogP contribution in [-0.4, -0.2) is 59.4 Å². The average Bonchev–Trinajstić information content (AvgIpc) is 3.50. The van der Waals surface area contributed by atoms with Gasteiger partial charge >= 0.3 is 0 Å². The minimum absolute atomic E-state index is 0.145. The van der Waals surface area contributed by atoms with E-state index in [2.05, 4.69) is 5.43 Å². The van der Waals surface area contributed by atoms with Crippen LogP contribution < -0.4 is 14.9 Å². The number of anilines is 1. The van der Waals surface area contributed by atoms with Crippen molar-refractivity contribution in [3.63, 3.8) is 0 Å². The maximum absolute atomic E-state index is 15.1. The molecule has 2 heterocycles. The molecule has 7 rings (SSSR count). The zero-order chi connectivity index (χ0) is 36.2. The summed E-state index contributed by atoms with van der Waals surface area (Å²) in [4.78, 5) is 58.6. The molecule has 0 radical (unpaired) electrons. The van der Waals surface area contributed by atoms with Gasteiger partial charge in [0.25, 0.3) is 11.8 Å². The summed E-state index contributed by atoms with van der Waals surface area (Å²) in [5.41, 5.74) is 3.70. The van der Waals surface area contributed by atoms with Crippen LogP contribution in [0.4, 0.5) is 10.1 Å². The number of aromatic hydroxyl groups is 1. The summed E-state index contributed by atoms with van der Waals surface area (Å²) in [5.74, 6) is -5.26. The molecule has 3 aromatic rings. The zero-order valence-electron chi connectivity index (χ0n) is 28.3. The molecular formula is C39H37ClFN3O7. The lowest BCUT2D eigenvalue weighted by Gasteiger charge is -2.49. The number of halogens is 2. The lowest BCUT2D eigenvalue weighted by molar-refractivity contribution is -0.141. The number of imide groups is 2. The normalized spacial score (nSPS) is 27.0. The van der Waals surface area contributed by atoms with Crippen LogP contribution >= 0.6 is 11.6 Å². The van der Waals surface area contributed by atoms with Gasteiger partial charge in [-0.3, -0.25) is 29.5 Å². The fraction of sp³-hybridized carbons (Fsp3) is 0.333. The van der Waals surface area contributed by atoms with E-state index in [0.29, 0.717) is 41.2 Å². The molecule has 0 aromatic heterocycles. The third kappa shape index (κ3) is 5.37. The van der Waals surface area contributed by atoms with Crippen molar-refractivity contribution in [3.8, 4) is 17.2 Å². The zero-order valence-corrected chi connectivity index (χ0v) is 29.0. The molecule has 2 saturated heterocycles. The number of methoxy groups -OCH3 is 2. The van der Waals surface area contributed by atoms with Crippen LogP contribution in [0.5, 0.6) is 17.2 Å². The lowest BCUT2D eigenvalue weighted by Crippen LogP contribution is -2.54. The molecule has 4 aliphatic rings. The maximum Gasteiger partial charge on any atom is 0.260 e. The molecule has 2 aliphatic heterocycles. The number of ether oxygens (including phenoxy) is 2. The number of hydrogen-bond acceptors (Lipinski definition) is 8. The van der Waals surface area contributed by atoms with Crippen molar-refractivity contribution in [1.82, 2.24) is 9.91 Å². The Bertz CT molecular complexity index is 1960. The molecule has 264 valence electrons. The first-order valence-electron chi connectivity index (χ1n) is 16.9. The van der Waals surface area contributed by atoms with Gasteiger partial charge in [0, 0.05) is 17.5 Å². The number of allylic oxidation sites excluding steroid dienone is 3. The molecule has 0 spiro atoms. The summed E-state index contributed by atoms with van der Waals surface area (Å²) >= 11 is 6.34.